The van der Waals surface area contributed by atoms with E-state index in [1.807, 2.05) is 0 Å². The molecule has 0 fully saturated rings. The third kappa shape index (κ3) is 3.37. The number of benzene rings is 1. The molecular formula is C17H29NO. The number of likely N-dealkylation sites (N-methyl/N-ethyl adjacent to an activating group) is 1. The highest BCUT2D eigenvalue weighted by Gasteiger charge is 2.37. The van der Waals surface area contributed by atoms with Gasteiger partial charge >= 0.3 is 0 Å². The average Bonchev–Trinajstić information content (AvgIpc) is 2.41. The number of aryl methyl sites for hydroxylation is 1. The first kappa shape index (κ1) is 16.2. The lowest BCUT2D eigenvalue weighted by atomic mass is 9.81. The van der Waals surface area contributed by atoms with Gasteiger partial charge in [-0.3, -0.25) is 0 Å². The lowest BCUT2D eigenvalue weighted by Crippen LogP contribution is -2.48. The Hall–Kier alpha value is -0.860. The molecule has 0 aliphatic heterocycles. The van der Waals surface area contributed by atoms with E-state index in [9.17, 15) is 5.11 Å². The van der Waals surface area contributed by atoms with Crippen LogP contribution in [-0.2, 0) is 6.42 Å². The van der Waals surface area contributed by atoms with E-state index in [0.717, 1.165) is 31.2 Å². The van der Waals surface area contributed by atoms with Crippen LogP contribution in [0, 0.1) is 0 Å². The van der Waals surface area contributed by atoms with Gasteiger partial charge in [0.2, 0.25) is 0 Å². The van der Waals surface area contributed by atoms with Gasteiger partial charge in [-0.1, -0.05) is 51.5 Å². The molecule has 19 heavy (non-hydrogen) atoms. The van der Waals surface area contributed by atoms with E-state index in [4.69, 9.17) is 0 Å². The van der Waals surface area contributed by atoms with Gasteiger partial charge in [-0.25, -0.2) is 0 Å². The molecule has 0 saturated carbocycles. The third-order valence-electron chi connectivity index (χ3n) is 4.46. The second-order valence-electron chi connectivity index (χ2n) is 5.60. The highest BCUT2D eigenvalue weighted by atomic mass is 16.3. The zero-order chi connectivity index (χ0) is 14.5. The summed E-state index contributed by atoms with van der Waals surface area (Å²) in [4.78, 5) is 2.16. The van der Waals surface area contributed by atoms with Gasteiger partial charge in [0.25, 0.3) is 0 Å². The van der Waals surface area contributed by atoms with Crippen LogP contribution in [-0.4, -0.2) is 29.6 Å². The molecule has 0 aromatic heterocycles. The van der Waals surface area contributed by atoms with Crippen molar-refractivity contribution < 1.29 is 5.11 Å². The van der Waals surface area contributed by atoms with Crippen molar-refractivity contribution in [3.05, 3.63) is 35.4 Å². The fraction of sp³-hybridized carbons (Fsp3) is 0.647. The van der Waals surface area contributed by atoms with Gasteiger partial charge < -0.3 is 10.0 Å². The summed E-state index contributed by atoms with van der Waals surface area (Å²) in [5.41, 5.74) is 2.20. The number of nitrogens with zero attached hydrogens (tertiary/aromatic N) is 1. The summed E-state index contributed by atoms with van der Waals surface area (Å²) in [6.45, 7) is 6.49. The van der Waals surface area contributed by atoms with Crippen molar-refractivity contribution in [2.45, 2.75) is 58.1 Å². The molecule has 1 unspecified atom stereocenters. The van der Waals surface area contributed by atoms with Crippen LogP contribution < -0.4 is 0 Å². The Morgan fingerprint density at radius 1 is 1.05 bits per heavy atom. The predicted molar refractivity (Wildman–Crippen MR) is 82.4 cm³/mol. The molecule has 1 aromatic rings. The molecule has 0 saturated heterocycles. The van der Waals surface area contributed by atoms with Crippen LogP contribution >= 0.6 is 0 Å². The number of aliphatic hydroxyl groups is 1. The summed E-state index contributed by atoms with van der Waals surface area (Å²) in [5, 5.41) is 10.8. The first-order chi connectivity index (χ1) is 9.01. The van der Waals surface area contributed by atoms with Crippen LogP contribution in [0.1, 0.15) is 57.3 Å². The molecule has 0 aliphatic rings. The fourth-order valence-corrected chi connectivity index (χ4v) is 2.98. The summed E-state index contributed by atoms with van der Waals surface area (Å²) >= 11 is 0. The van der Waals surface area contributed by atoms with Crippen molar-refractivity contribution in [2.75, 3.05) is 14.1 Å². The monoisotopic (exact) mass is 263 g/mol. The molecule has 1 aromatic carbocycles. The Labute approximate surface area is 118 Å². The largest absolute Gasteiger partial charge is 0.386 e. The predicted octanol–water partition coefficient (Wildman–Crippen LogP) is 3.79. The molecule has 108 valence electrons. The SMILES string of the molecule is CCCc1ccc(C(O)C(CC)(CC)N(C)C)cc1. The Morgan fingerprint density at radius 2 is 1.58 bits per heavy atom. The average molecular weight is 263 g/mol. The molecule has 0 bridgehead atoms. The normalized spacial score (nSPS) is 13.8. The van der Waals surface area contributed by atoms with Crippen molar-refractivity contribution >= 4 is 0 Å². The lowest BCUT2D eigenvalue weighted by molar-refractivity contribution is -0.0149. The number of hydrogen-bond acceptors (Lipinski definition) is 2. The van der Waals surface area contributed by atoms with Crippen LogP contribution in [0.3, 0.4) is 0 Å². The molecule has 0 amide bonds. The zero-order valence-electron chi connectivity index (χ0n) is 13.1. The van der Waals surface area contributed by atoms with Crippen LogP contribution in [0.4, 0.5) is 0 Å². The van der Waals surface area contributed by atoms with E-state index in [-0.39, 0.29) is 5.54 Å². The molecule has 0 heterocycles. The second kappa shape index (κ2) is 7.06. The first-order valence-corrected chi connectivity index (χ1v) is 7.46. The highest BCUT2D eigenvalue weighted by Crippen LogP contribution is 2.35. The van der Waals surface area contributed by atoms with Gasteiger partial charge in [-0.05, 0) is 44.5 Å². The molecule has 0 radical (unpaired) electrons. The maximum atomic E-state index is 10.8. The first-order valence-electron chi connectivity index (χ1n) is 7.46. The van der Waals surface area contributed by atoms with Crippen molar-refractivity contribution in [3.63, 3.8) is 0 Å². The number of rotatable bonds is 7. The summed E-state index contributed by atoms with van der Waals surface area (Å²) in [6, 6.07) is 8.46. The van der Waals surface area contributed by atoms with E-state index in [0.29, 0.717) is 0 Å². The van der Waals surface area contributed by atoms with E-state index in [1.165, 1.54) is 5.56 Å². The van der Waals surface area contributed by atoms with Crippen LogP contribution in [0.5, 0.6) is 0 Å². The maximum absolute atomic E-state index is 10.8. The van der Waals surface area contributed by atoms with Crippen LogP contribution in [0.25, 0.3) is 0 Å². The van der Waals surface area contributed by atoms with Crippen molar-refractivity contribution in [3.8, 4) is 0 Å². The molecule has 1 N–H and O–H groups in total. The minimum atomic E-state index is -0.437. The fourth-order valence-electron chi connectivity index (χ4n) is 2.98. The van der Waals surface area contributed by atoms with Crippen molar-refractivity contribution in [2.24, 2.45) is 0 Å². The highest BCUT2D eigenvalue weighted by molar-refractivity contribution is 5.26. The summed E-state index contributed by atoms with van der Waals surface area (Å²) in [7, 11) is 4.11. The van der Waals surface area contributed by atoms with E-state index in [1.54, 1.807) is 0 Å². The van der Waals surface area contributed by atoms with Crippen molar-refractivity contribution in [1.82, 2.24) is 4.90 Å². The Morgan fingerprint density at radius 3 is 1.95 bits per heavy atom. The second-order valence-corrected chi connectivity index (χ2v) is 5.60. The molecule has 1 atom stereocenters. The quantitative estimate of drug-likeness (QED) is 0.809. The van der Waals surface area contributed by atoms with Gasteiger partial charge in [-0.15, -0.1) is 0 Å². The molecule has 2 nitrogen and oxygen atoms in total. The number of aliphatic hydroxyl groups excluding tert-OH is 1. The Bertz CT molecular complexity index is 365. The summed E-state index contributed by atoms with van der Waals surface area (Å²) < 4.78 is 0. The standard InChI is InChI=1S/C17H29NO/c1-6-9-14-10-12-15(13-11-14)16(19)17(7-2,8-3)18(4)5/h10-13,16,19H,6-9H2,1-5H3. The van der Waals surface area contributed by atoms with E-state index >= 15 is 0 Å². The third-order valence-corrected chi connectivity index (χ3v) is 4.46. The zero-order valence-corrected chi connectivity index (χ0v) is 13.1. The molecule has 0 spiro atoms. The van der Waals surface area contributed by atoms with Crippen molar-refractivity contribution in [1.29, 1.82) is 0 Å². The Kier molecular flexibility index (Phi) is 6.02. The van der Waals surface area contributed by atoms with E-state index in [2.05, 4.69) is 64.0 Å². The minimum Gasteiger partial charge on any atom is -0.386 e. The molecular weight excluding hydrogens is 234 g/mol. The van der Waals surface area contributed by atoms with Gasteiger partial charge in [0, 0.05) is 5.54 Å². The summed E-state index contributed by atoms with van der Waals surface area (Å²) in [5.74, 6) is 0. The Balaban J connectivity index is 2.99. The molecule has 0 aliphatic carbocycles. The van der Waals surface area contributed by atoms with Gasteiger partial charge in [0.05, 0.1) is 6.10 Å². The van der Waals surface area contributed by atoms with Gasteiger partial charge in [0.15, 0.2) is 0 Å². The topological polar surface area (TPSA) is 23.5 Å². The van der Waals surface area contributed by atoms with Crippen LogP contribution in [0.15, 0.2) is 24.3 Å². The minimum absolute atomic E-state index is 0.174. The molecule has 1 rings (SSSR count). The van der Waals surface area contributed by atoms with Gasteiger partial charge in [-0.2, -0.15) is 0 Å². The summed E-state index contributed by atoms with van der Waals surface area (Å²) in [6.07, 6.45) is 3.71. The van der Waals surface area contributed by atoms with E-state index < -0.39 is 6.10 Å². The maximum Gasteiger partial charge on any atom is 0.0973 e. The molecule has 2 heteroatoms. The van der Waals surface area contributed by atoms with Gasteiger partial charge in [0.1, 0.15) is 0 Å². The lowest BCUT2D eigenvalue weighted by Gasteiger charge is -2.42. The number of hydrogen-bond donors (Lipinski definition) is 1. The van der Waals surface area contributed by atoms with Crippen LogP contribution in [0.2, 0.25) is 0 Å². The smallest absolute Gasteiger partial charge is 0.0973 e.